The van der Waals surface area contributed by atoms with Crippen molar-refractivity contribution >= 4 is 0 Å². The minimum absolute atomic E-state index is 0.351. The van der Waals surface area contributed by atoms with Crippen LogP contribution in [0.3, 0.4) is 0 Å². The van der Waals surface area contributed by atoms with E-state index in [0.717, 1.165) is 45.6 Å². The second-order valence-corrected chi connectivity index (χ2v) is 5.48. The Labute approximate surface area is 105 Å². The van der Waals surface area contributed by atoms with Crippen LogP contribution in [-0.4, -0.2) is 56.4 Å². The van der Waals surface area contributed by atoms with Crippen molar-refractivity contribution in [2.45, 2.75) is 38.3 Å². The predicted molar refractivity (Wildman–Crippen MR) is 70.0 cm³/mol. The van der Waals surface area contributed by atoms with Gasteiger partial charge in [0.05, 0.1) is 0 Å². The summed E-state index contributed by atoms with van der Waals surface area (Å²) in [5.74, 6) is 0.675. The fourth-order valence-electron chi connectivity index (χ4n) is 3.00. The number of piperazine rings is 1. The van der Waals surface area contributed by atoms with Gasteiger partial charge in [0.1, 0.15) is 0 Å². The zero-order chi connectivity index (χ0) is 12.1. The maximum absolute atomic E-state index is 6.36. The van der Waals surface area contributed by atoms with E-state index in [1.165, 1.54) is 13.1 Å². The summed E-state index contributed by atoms with van der Waals surface area (Å²) in [7, 11) is 0. The Morgan fingerprint density at radius 1 is 1.29 bits per heavy atom. The first kappa shape index (κ1) is 13.3. The Morgan fingerprint density at radius 2 is 1.94 bits per heavy atom. The molecule has 2 atom stereocenters. The van der Waals surface area contributed by atoms with Crippen molar-refractivity contribution in [3.05, 3.63) is 0 Å². The van der Waals surface area contributed by atoms with E-state index in [1.54, 1.807) is 0 Å². The van der Waals surface area contributed by atoms with Gasteiger partial charge < -0.3 is 15.8 Å². The molecular formula is C13H27N3O. The number of nitrogens with two attached hydrogens (primary N) is 1. The number of hydrogen-bond acceptors (Lipinski definition) is 4. The predicted octanol–water partition coefficient (Wildman–Crippen LogP) is 0.424. The normalized spacial score (nSPS) is 27.9. The summed E-state index contributed by atoms with van der Waals surface area (Å²) in [4.78, 5) is 2.57. The van der Waals surface area contributed by atoms with Crippen LogP contribution in [0.2, 0.25) is 0 Å². The third kappa shape index (κ3) is 3.91. The Kier molecular flexibility index (Phi) is 5.22. The first-order valence-electron chi connectivity index (χ1n) is 7.05. The summed E-state index contributed by atoms with van der Waals surface area (Å²) >= 11 is 0. The molecule has 0 aliphatic carbocycles. The molecule has 4 nitrogen and oxygen atoms in total. The van der Waals surface area contributed by atoms with Crippen LogP contribution in [0.5, 0.6) is 0 Å². The fourth-order valence-corrected chi connectivity index (χ4v) is 3.00. The van der Waals surface area contributed by atoms with Gasteiger partial charge in [0.15, 0.2) is 0 Å². The zero-order valence-corrected chi connectivity index (χ0v) is 11.0. The van der Waals surface area contributed by atoms with Gasteiger partial charge in [0.2, 0.25) is 0 Å². The fraction of sp³-hybridized carbons (Fsp3) is 1.00. The smallest absolute Gasteiger partial charge is 0.0469 e. The first-order chi connectivity index (χ1) is 8.27. The minimum Gasteiger partial charge on any atom is -0.381 e. The van der Waals surface area contributed by atoms with Crippen LogP contribution >= 0.6 is 0 Å². The minimum atomic E-state index is 0.351. The molecule has 0 aromatic carbocycles. The summed E-state index contributed by atoms with van der Waals surface area (Å²) in [5.41, 5.74) is 6.36. The molecule has 2 heterocycles. The molecule has 2 fully saturated rings. The Morgan fingerprint density at radius 3 is 2.59 bits per heavy atom. The number of rotatable bonds is 4. The lowest BCUT2D eigenvalue weighted by Gasteiger charge is -2.36. The largest absolute Gasteiger partial charge is 0.381 e. The molecule has 0 saturated carbocycles. The van der Waals surface area contributed by atoms with Crippen molar-refractivity contribution < 1.29 is 4.74 Å². The topological polar surface area (TPSA) is 50.5 Å². The molecule has 3 N–H and O–H groups in total. The lowest BCUT2D eigenvalue weighted by atomic mass is 9.88. The molecule has 4 heteroatoms. The van der Waals surface area contributed by atoms with Crippen LogP contribution < -0.4 is 11.1 Å². The standard InChI is InChI=1S/C13H27N3O/c1-11(16-6-4-15-5-7-16)10-13(14)12-2-8-17-9-3-12/h11-13,15H,2-10,14H2,1H3. The van der Waals surface area contributed by atoms with Gasteiger partial charge in [0, 0.05) is 51.5 Å². The highest BCUT2D eigenvalue weighted by atomic mass is 16.5. The maximum atomic E-state index is 6.36. The molecule has 0 aromatic heterocycles. The van der Waals surface area contributed by atoms with E-state index >= 15 is 0 Å². The summed E-state index contributed by atoms with van der Waals surface area (Å²) in [5, 5.41) is 3.40. The highest BCUT2D eigenvalue weighted by molar-refractivity contribution is 4.82. The lowest BCUT2D eigenvalue weighted by molar-refractivity contribution is 0.0527. The number of ether oxygens (including phenoxy) is 1. The third-order valence-corrected chi connectivity index (χ3v) is 4.26. The van der Waals surface area contributed by atoms with Crippen molar-refractivity contribution in [2.75, 3.05) is 39.4 Å². The molecule has 0 amide bonds. The molecule has 2 saturated heterocycles. The molecule has 0 spiro atoms. The average molecular weight is 241 g/mol. The van der Waals surface area contributed by atoms with E-state index < -0.39 is 0 Å². The van der Waals surface area contributed by atoms with Gasteiger partial charge in [-0.15, -0.1) is 0 Å². The molecular weight excluding hydrogens is 214 g/mol. The van der Waals surface area contributed by atoms with Gasteiger partial charge >= 0.3 is 0 Å². The highest BCUT2D eigenvalue weighted by Crippen LogP contribution is 2.21. The molecule has 0 aromatic rings. The number of nitrogens with zero attached hydrogens (tertiary/aromatic N) is 1. The molecule has 100 valence electrons. The van der Waals surface area contributed by atoms with E-state index in [4.69, 9.17) is 10.5 Å². The molecule has 17 heavy (non-hydrogen) atoms. The SMILES string of the molecule is CC(CC(N)C1CCOCC1)N1CCNCC1. The molecule has 2 rings (SSSR count). The summed E-state index contributed by atoms with van der Waals surface area (Å²) < 4.78 is 5.40. The summed E-state index contributed by atoms with van der Waals surface area (Å²) in [6.07, 6.45) is 3.43. The van der Waals surface area contributed by atoms with Crippen LogP contribution in [0, 0.1) is 5.92 Å². The van der Waals surface area contributed by atoms with Crippen molar-refractivity contribution in [2.24, 2.45) is 11.7 Å². The third-order valence-electron chi connectivity index (χ3n) is 4.26. The quantitative estimate of drug-likeness (QED) is 0.749. The van der Waals surface area contributed by atoms with Gasteiger partial charge in [-0.05, 0) is 32.1 Å². The van der Waals surface area contributed by atoms with Crippen molar-refractivity contribution in [3.63, 3.8) is 0 Å². The first-order valence-corrected chi connectivity index (χ1v) is 7.05. The van der Waals surface area contributed by atoms with E-state index in [1.807, 2.05) is 0 Å². The summed E-state index contributed by atoms with van der Waals surface area (Å²) in [6, 6.07) is 0.971. The van der Waals surface area contributed by atoms with Gasteiger partial charge in [0.25, 0.3) is 0 Å². The molecule has 2 aliphatic rings. The van der Waals surface area contributed by atoms with Gasteiger partial charge in [-0.3, -0.25) is 4.90 Å². The van der Waals surface area contributed by atoms with Crippen LogP contribution in [0.25, 0.3) is 0 Å². The lowest BCUT2D eigenvalue weighted by Crippen LogP contribution is -2.49. The maximum Gasteiger partial charge on any atom is 0.0469 e. The molecule has 0 radical (unpaired) electrons. The van der Waals surface area contributed by atoms with Crippen molar-refractivity contribution in [1.82, 2.24) is 10.2 Å². The van der Waals surface area contributed by atoms with Crippen LogP contribution in [-0.2, 0) is 4.74 Å². The Balaban J connectivity index is 1.74. The van der Waals surface area contributed by atoms with Crippen LogP contribution in [0.1, 0.15) is 26.2 Å². The van der Waals surface area contributed by atoms with Gasteiger partial charge in [-0.1, -0.05) is 0 Å². The van der Waals surface area contributed by atoms with Crippen molar-refractivity contribution in [3.8, 4) is 0 Å². The zero-order valence-electron chi connectivity index (χ0n) is 11.0. The van der Waals surface area contributed by atoms with E-state index in [0.29, 0.717) is 18.0 Å². The van der Waals surface area contributed by atoms with E-state index in [2.05, 4.69) is 17.1 Å². The Hall–Kier alpha value is -0.160. The van der Waals surface area contributed by atoms with E-state index in [-0.39, 0.29) is 0 Å². The van der Waals surface area contributed by atoms with Crippen molar-refractivity contribution in [1.29, 1.82) is 0 Å². The van der Waals surface area contributed by atoms with Crippen LogP contribution in [0.15, 0.2) is 0 Å². The second-order valence-electron chi connectivity index (χ2n) is 5.48. The highest BCUT2D eigenvalue weighted by Gasteiger charge is 2.25. The molecule has 0 bridgehead atoms. The number of hydrogen-bond donors (Lipinski definition) is 2. The summed E-state index contributed by atoms with van der Waals surface area (Å²) in [6.45, 7) is 8.71. The monoisotopic (exact) mass is 241 g/mol. The van der Waals surface area contributed by atoms with Gasteiger partial charge in [-0.2, -0.15) is 0 Å². The molecule has 2 aliphatic heterocycles. The van der Waals surface area contributed by atoms with E-state index in [9.17, 15) is 0 Å². The van der Waals surface area contributed by atoms with Crippen LogP contribution in [0.4, 0.5) is 0 Å². The number of nitrogens with one attached hydrogen (secondary N) is 1. The second kappa shape index (κ2) is 6.69. The average Bonchev–Trinajstić information content (AvgIpc) is 2.40. The Bertz CT molecular complexity index is 191. The van der Waals surface area contributed by atoms with Gasteiger partial charge in [-0.25, -0.2) is 0 Å². The molecule has 2 unspecified atom stereocenters.